The van der Waals surface area contributed by atoms with Gasteiger partial charge in [0.1, 0.15) is 11.2 Å². The summed E-state index contributed by atoms with van der Waals surface area (Å²) in [6.07, 6.45) is 3.65. The van der Waals surface area contributed by atoms with E-state index in [4.69, 9.17) is 4.42 Å². The number of fused-ring (bicyclic) bond motifs is 6. The van der Waals surface area contributed by atoms with Gasteiger partial charge in [-0.25, -0.2) is 9.97 Å². The third-order valence-corrected chi connectivity index (χ3v) is 5.71. The number of nitrogens with zero attached hydrogens (tertiary/aromatic N) is 2. The zero-order valence-electron chi connectivity index (χ0n) is 14.7. The van der Waals surface area contributed by atoms with Crippen LogP contribution in [0.3, 0.4) is 0 Å². The Labute approximate surface area is 158 Å². The molecule has 0 saturated heterocycles. The van der Waals surface area contributed by atoms with Crippen LogP contribution in [0.15, 0.2) is 77.5 Å². The van der Waals surface area contributed by atoms with Crippen LogP contribution in [-0.2, 0) is 0 Å². The van der Waals surface area contributed by atoms with Gasteiger partial charge in [-0.3, -0.25) is 0 Å². The normalized spacial score (nSPS) is 12.3. The highest BCUT2D eigenvalue weighted by Crippen LogP contribution is 2.44. The Kier molecular flexibility index (Phi) is 2.46. The molecule has 130 valence electrons. The maximum atomic E-state index is 6.19. The molecule has 0 unspecified atom stereocenters. The Morgan fingerprint density at radius 1 is 0.607 bits per heavy atom. The number of rotatable bonds is 0. The zero-order chi connectivity index (χ0) is 18.2. The van der Waals surface area contributed by atoms with Crippen LogP contribution < -0.4 is 0 Å². The molecule has 0 amide bonds. The van der Waals surface area contributed by atoms with E-state index in [-0.39, 0.29) is 0 Å². The number of H-pyrrole nitrogens is 1. The first-order valence-electron chi connectivity index (χ1n) is 9.27. The van der Waals surface area contributed by atoms with Crippen LogP contribution in [0, 0.1) is 0 Å². The largest absolute Gasteiger partial charge is 0.438 e. The lowest BCUT2D eigenvalue weighted by molar-refractivity contribution is 0.647. The fourth-order valence-electron chi connectivity index (χ4n) is 4.63. The number of pyridine rings is 3. The lowest BCUT2D eigenvalue weighted by Crippen LogP contribution is -1.93. The molecule has 4 heteroatoms. The van der Waals surface area contributed by atoms with Gasteiger partial charge >= 0.3 is 0 Å². The summed E-state index contributed by atoms with van der Waals surface area (Å²) in [7, 11) is 0. The third kappa shape index (κ3) is 1.61. The van der Waals surface area contributed by atoms with Crippen molar-refractivity contribution in [3.63, 3.8) is 0 Å². The minimum Gasteiger partial charge on any atom is -0.438 e. The maximum absolute atomic E-state index is 6.19. The van der Waals surface area contributed by atoms with Crippen LogP contribution >= 0.6 is 0 Å². The van der Waals surface area contributed by atoms with Crippen LogP contribution in [0.25, 0.3) is 65.6 Å². The monoisotopic (exact) mass is 359 g/mol. The molecule has 28 heavy (non-hydrogen) atoms. The van der Waals surface area contributed by atoms with E-state index < -0.39 is 0 Å². The maximum Gasteiger partial charge on any atom is 0.227 e. The van der Waals surface area contributed by atoms with Crippen LogP contribution in [0.4, 0.5) is 0 Å². The summed E-state index contributed by atoms with van der Waals surface area (Å²) in [5.74, 6) is 0. The zero-order valence-corrected chi connectivity index (χ0v) is 14.7. The van der Waals surface area contributed by atoms with Crippen LogP contribution in [0.2, 0.25) is 0 Å². The second kappa shape index (κ2) is 4.87. The quantitative estimate of drug-likeness (QED) is 0.255. The first-order valence-corrected chi connectivity index (χ1v) is 9.27. The average molecular weight is 359 g/mol. The molecule has 4 nitrogen and oxygen atoms in total. The summed E-state index contributed by atoms with van der Waals surface area (Å²) >= 11 is 0. The molecule has 4 heterocycles. The smallest absolute Gasteiger partial charge is 0.227 e. The van der Waals surface area contributed by atoms with Crippen molar-refractivity contribution in [1.82, 2.24) is 15.0 Å². The predicted molar refractivity (Wildman–Crippen MR) is 114 cm³/mol. The molecular formula is C24H13N3O. The number of benzene rings is 3. The lowest BCUT2D eigenvalue weighted by atomic mass is 9.91. The summed E-state index contributed by atoms with van der Waals surface area (Å²) in [4.78, 5) is 12.7. The molecule has 0 radical (unpaired) electrons. The molecule has 1 N–H and O–H groups in total. The Morgan fingerprint density at radius 3 is 2.43 bits per heavy atom. The van der Waals surface area contributed by atoms with Crippen molar-refractivity contribution in [2.75, 3.05) is 0 Å². The van der Waals surface area contributed by atoms with Gasteiger partial charge in [0.05, 0.1) is 0 Å². The highest BCUT2D eigenvalue weighted by molar-refractivity contribution is 6.39. The van der Waals surface area contributed by atoms with Gasteiger partial charge in [0.2, 0.25) is 5.71 Å². The highest BCUT2D eigenvalue weighted by atomic mass is 16.3. The van der Waals surface area contributed by atoms with E-state index in [1.54, 1.807) is 6.20 Å². The summed E-state index contributed by atoms with van der Waals surface area (Å²) in [6, 6.07) is 20.8. The van der Waals surface area contributed by atoms with E-state index in [0.717, 1.165) is 32.9 Å². The molecule has 0 aliphatic heterocycles. The number of aromatic nitrogens is 3. The van der Waals surface area contributed by atoms with Gasteiger partial charge in [-0.15, -0.1) is 0 Å². The summed E-state index contributed by atoms with van der Waals surface area (Å²) in [5, 5.41) is 9.22. The van der Waals surface area contributed by atoms with Crippen LogP contribution in [0.1, 0.15) is 0 Å². The van der Waals surface area contributed by atoms with E-state index in [1.807, 2.05) is 30.5 Å². The Balaban J connectivity index is 2.02. The SMILES string of the molecule is c1ccc2c(c1)[nH]c1nccc3c4cccc5oc6ncccc6c(c54)c2c13. The van der Waals surface area contributed by atoms with Crippen molar-refractivity contribution in [1.29, 1.82) is 0 Å². The Bertz CT molecular complexity index is 1590. The molecule has 7 rings (SSSR count). The molecule has 4 aromatic heterocycles. The molecule has 0 atom stereocenters. The molecular weight excluding hydrogens is 346 g/mol. The molecule has 0 saturated carbocycles. The van der Waals surface area contributed by atoms with Gasteiger partial charge in [-0.2, -0.15) is 0 Å². The minimum atomic E-state index is 0.652. The Morgan fingerprint density at radius 2 is 1.43 bits per heavy atom. The van der Waals surface area contributed by atoms with E-state index in [1.165, 1.54) is 26.9 Å². The first-order chi connectivity index (χ1) is 13.9. The van der Waals surface area contributed by atoms with Crippen LogP contribution in [-0.4, -0.2) is 15.0 Å². The number of hydrogen-bond acceptors (Lipinski definition) is 3. The summed E-state index contributed by atoms with van der Waals surface area (Å²) < 4.78 is 6.19. The fraction of sp³-hybridized carbons (Fsp3) is 0. The van der Waals surface area contributed by atoms with Crippen molar-refractivity contribution < 1.29 is 4.42 Å². The number of aromatic amines is 1. The molecule has 0 fully saturated rings. The number of hydrogen-bond donors (Lipinski definition) is 1. The number of nitrogens with one attached hydrogen (secondary N) is 1. The van der Waals surface area contributed by atoms with Crippen molar-refractivity contribution in [3.05, 3.63) is 73.1 Å². The van der Waals surface area contributed by atoms with E-state index in [9.17, 15) is 0 Å². The minimum absolute atomic E-state index is 0.652. The molecule has 7 aromatic rings. The van der Waals surface area contributed by atoms with E-state index >= 15 is 0 Å². The topological polar surface area (TPSA) is 54.7 Å². The van der Waals surface area contributed by atoms with Gasteiger partial charge in [0.25, 0.3) is 0 Å². The molecule has 0 aliphatic rings. The second-order valence-electron chi connectivity index (χ2n) is 7.14. The van der Waals surface area contributed by atoms with Gasteiger partial charge in [-0.1, -0.05) is 30.3 Å². The fourth-order valence-corrected chi connectivity index (χ4v) is 4.63. The number of para-hydroxylation sites is 1. The van der Waals surface area contributed by atoms with E-state index in [0.29, 0.717) is 5.71 Å². The van der Waals surface area contributed by atoms with Crippen molar-refractivity contribution in [2.45, 2.75) is 0 Å². The van der Waals surface area contributed by atoms with E-state index in [2.05, 4.69) is 51.4 Å². The summed E-state index contributed by atoms with van der Waals surface area (Å²) in [5.41, 5.74) is 3.47. The Hall–Kier alpha value is -3.92. The van der Waals surface area contributed by atoms with Gasteiger partial charge in [0, 0.05) is 50.2 Å². The first kappa shape index (κ1) is 14.2. The summed E-state index contributed by atoms with van der Waals surface area (Å²) in [6.45, 7) is 0. The molecule has 0 aliphatic carbocycles. The second-order valence-corrected chi connectivity index (χ2v) is 7.14. The molecule has 0 bridgehead atoms. The van der Waals surface area contributed by atoms with Crippen molar-refractivity contribution in [3.8, 4) is 0 Å². The highest BCUT2D eigenvalue weighted by Gasteiger charge is 2.19. The third-order valence-electron chi connectivity index (χ3n) is 5.71. The standard InChI is InChI=1S/C24H13N3O/c1-2-8-17-15(5-1)20-21-16-7-4-11-26-24(16)28-18-9-3-6-13(19(18)21)14-10-12-25-23(27-17)22(14)20/h1-12H,(H,25,27). The average Bonchev–Trinajstić information content (AvgIpc) is 2.75. The molecule has 3 aromatic carbocycles. The van der Waals surface area contributed by atoms with Gasteiger partial charge in [-0.05, 0) is 41.1 Å². The lowest BCUT2D eigenvalue weighted by Gasteiger charge is -2.16. The predicted octanol–water partition coefficient (Wildman–Crippen LogP) is 6.32. The van der Waals surface area contributed by atoms with Crippen LogP contribution in [0.5, 0.6) is 0 Å². The van der Waals surface area contributed by atoms with Gasteiger partial charge < -0.3 is 9.40 Å². The van der Waals surface area contributed by atoms with Crippen molar-refractivity contribution in [2.24, 2.45) is 0 Å². The van der Waals surface area contributed by atoms with Crippen molar-refractivity contribution >= 4 is 65.6 Å². The molecule has 0 spiro atoms. The van der Waals surface area contributed by atoms with Gasteiger partial charge in [0.15, 0.2) is 0 Å².